The van der Waals surface area contributed by atoms with Gasteiger partial charge in [-0.05, 0) is 36.8 Å². The minimum absolute atomic E-state index is 0.518. The van der Waals surface area contributed by atoms with Gasteiger partial charge in [0.2, 0.25) is 0 Å². The van der Waals surface area contributed by atoms with Gasteiger partial charge in [-0.25, -0.2) is 0 Å². The van der Waals surface area contributed by atoms with E-state index < -0.39 is 5.60 Å². The van der Waals surface area contributed by atoms with E-state index >= 15 is 0 Å². The number of hydrogen-bond acceptors (Lipinski definition) is 2. The van der Waals surface area contributed by atoms with Crippen LogP contribution in [0.4, 0.5) is 0 Å². The van der Waals surface area contributed by atoms with Gasteiger partial charge >= 0.3 is 0 Å². The highest BCUT2D eigenvalue weighted by Crippen LogP contribution is 2.29. The molecule has 1 atom stereocenters. The molecule has 15 heavy (non-hydrogen) atoms. The quantitative estimate of drug-likeness (QED) is 0.847. The van der Waals surface area contributed by atoms with E-state index in [0.29, 0.717) is 10.8 Å². The van der Waals surface area contributed by atoms with Crippen molar-refractivity contribution in [2.45, 2.75) is 12.5 Å². The minimum Gasteiger partial charge on any atom is -0.466 e. The third-order valence-corrected chi connectivity index (χ3v) is 2.66. The van der Waals surface area contributed by atoms with Crippen molar-refractivity contribution in [1.29, 1.82) is 0 Å². The molecule has 0 saturated carbocycles. The molecule has 1 heterocycles. The molecule has 0 amide bonds. The van der Waals surface area contributed by atoms with Crippen LogP contribution in [0.25, 0.3) is 0 Å². The fourth-order valence-electron chi connectivity index (χ4n) is 1.47. The van der Waals surface area contributed by atoms with Gasteiger partial charge in [-0.2, -0.15) is 0 Å². The van der Waals surface area contributed by atoms with Gasteiger partial charge in [-0.3, -0.25) is 0 Å². The summed E-state index contributed by atoms with van der Waals surface area (Å²) in [4.78, 5) is 0. The molecule has 1 aromatic carbocycles. The first-order valence-corrected chi connectivity index (χ1v) is 5.01. The zero-order valence-corrected chi connectivity index (χ0v) is 9.03. The van der Waals surface area contributed by atoms with Crippen LogP contribution in [0.15, 0.2) is 47.1 Å². The summed E-state index contributed by atoms with van der Waals surface area (Å²) in [5.74, 6) is 0.518. The molecule has 1 aromatic heterocycles. The third-order valence-electron chi connectivity index (χ3n) is 2.41. The maximum Gasteiger partial charge on any atom is 0.144 e. The summed E-state index contributed by atoms with van der Waals surface area (Å²) in [5.41, 5.74) is -0.365. The van der Waals surface area contributed by atoms with Crippen LogP contribution in [0.5, 0.6) is 0 Å². The van der Waals surface area contributed by atoms with Crippen LogP contribution in [-0.2, 0) is 5.60 Å². The highest BCUT2D eigenvalue weighted by Gasteiger charge is 2.28. The SMILES string of the molecule is CC(O)(c1ccc(Cl)cc1)c1ccco1. The molecule has 1 N–H and O–H groups in total. The standard InChI is InChI=1S/C12H11ClO2/c1-12(14,11-3-2-8-15-11)9-4-6-10(13)7-5-9/h2-8,14H,1H3. The molecule has 0 aliphatic heterocycles. The van der Waals surface area contributed by atoms with Crippen molar-refractivity contribution in [3.8, 4) is 0 Å². The largest absolute Gasteiger partial charge is 0.466 e. The predicted octanol–water partition coefficient (Wildman–Crippen LogP) is 3.19. The highest BCUT2D eigenvalue weighted by molar-refractivity contribution is 6.30. The molecule has 1 unspecified atom stereocenters. The van der Waals surface area contributed by atoms with Crippen molar-refractivity contribution in [1.82, 2.24) is 0 Å². The molecule has 0 aliphatic rings. The van der Waals surface area contributed by atoms with Crippen LogP contribution in [0, 0.1) is 0 Å². The molecule has 0 fully saturated rings. The van der Waals surface area contributed by atoms with E-state index in [4.69, 9.17) is 16.0 Å². The fraction of sp³-hybridized carbons (Fsp3) is 0.167. The van der Waals surface area contributed by atoms with Crippen LogP contribution in [0.3, 0.4) is 0 Å². The summed E-state index contributed by atoms with van der Waals surface area (Å²) in [6.07, 6.45) is 1.54. The predicted molar refractivity (Wildman–Crippen MR) is 58.8 cm³/mol. The van der Waals surface area contributed by atoms with Crippen molar-refractivity contribution >= 4 is 11.6 Å². The summed E-state index contributed by atoms with van der Waals surface area (Å²) >= 11 is 5.78. The number of rotatable bonds is 2. The molecule has 0 spiro atoms. The third kappa shape index (κ3) is 1.91. The molecule has 0 bridgehead atoms. The Bertz CT molecular complexity index is 429. The Morgan fingerprint density at radius 3 is 2.40 bits per heavy atom. The monoisotopic (exact) mass is 222 g/mol. The Balaban J connectivity index is 2.41. The van der Waals surface area contributed by atoms with Gasteiger partial charge < -0.3 is 9.52 Å². The Labute approximate surface area is 93.1 Å². The molecule has 78 valence electrons. The normalized spacial score (nSPS) is 14.9. The maximum atomic E-state index is 10.3. The first-order chi connectivity index (χ1) is 7.10. The topological polar surface area (TPSA) is 33.4 Å². The summed E-state index contributed by atoms with van der Waals surface area (Å²) in [5, 5.41) is 10.9. The molecule has 2 aromatic rings. The van der Waals surface area contributed by atoms with Crippen LogP contribution in [0.2, 0.25) is 5.02 Å². The first kappa shape index (κ1) is 10.3. The summed E-state index contributed by atoms with van der Waals surface area (Å²) in [7, 11) is 0. The van der Waals surface area contributed by atoms with Gasteiger partial charge in [-0.1, -0.05) is 23.7 Å². The highest BCUT2D eigenvalue weighted by atomic mass is 35.5. The summed E-state index contributed by atoms with van der Waals surface area (Å²) in [6.45, 7) is 1.69. The second-order valence-electron chi connectivity index (χ2n) is 3.56. The maximum absolute atomic E-state index is 10.3. The first-order valence-electron chi connectivity index (χ1n) is 4.63. The van der Waals surface area contributed by atoms with E-state index in [1.165, 1.54) is 0 Å². The molecule has 0 saturated heterocycles. The van der Waals surface area contributed by atoms with Gasteiger partial charge in [0.15, 0.2) is 0 Å². The lowest BCUT2D eigenvalue weighted by atomic mass is 9.93. The second-order valence-corrected chi connectivity index (χ2v) is 3.99. The zero-order valence-electron chi connectivity index (χ0n) is 8.27. The average molecular weight is 223 g/mol. The van der Waals surface area contributed by atoms with Crippen molar-refractivity contribution in [3.63, 3.8) is 0 Å². The van der Waals surface area contributed by atoms with E-state index in [-0.39, 0.29) is 0 Å². The lowest BCUT2D eigenvalue weighted by molar-refractivity contribution is 0.0767. The average Bonchev–Trinajstić information content (AvgIpc) is 2.71. The Morgan fingerprint density at radius 2 is 1.87 bits per heavy atom. The fourth-order valence-corrected chi connectivity index (χ4v) is 1.60. The van der Waals surface area contributed by atoms with Crippen LogP contribution in [0.1, 0.15) is 18.2 Å². The molecule has 0 aliphatic carbocycles. The van der Waals surface area contributed by atoms with Crippen molar-refractivity contribution in [2.75, 3.05) is 0 Å². The van der Waals surface area contributed by atoms with E-state index in [1.807, 2.05) is 0 Å². The number of aliphatic hydroxyl groups is 1. The number of benzene rings is 1. The lowest BCUT2D eigenvalue weighted by Crippen LogP contribution is -2.21. The van der Waals surface area contributed by atoms with Crippen molar-refractivity contribution in [2.24, 2.45) is 0 Å². The zero-order chi connectivity index (χ0) is 10.9. The Kier molecular flexibility index (Phi) is 2.55. The van der Waals surface area contributed by atoms with E-state index in [1.54, 1.807) is 49.6 Å². The molecule has 2 nitrogen and oxygen atoms in total. The second kappa shape index (κ2) is 3.72. The number of hydrogen-bond donors (Lipinski definition) is 1. The molecular weight excluding hydrogens is 212 g/mol. The van der Waals surface area contributed by atoms with E-state index in [9.17, 15) is 5.11 Å². The molecule has 3 heteroatoms. The summed E-state index contributed by atoms with van der Waals surface area (Å²) < 4.78 is 5.20. The van der Waals surface area contributed by atoms with Crippen LogP contribution < -0.4 is 0 Å². The van der Waals surface area contributed by atoms with Crippen molar-refractivity contribution < 1.29 is 9.52 Å². The molecule has 0 radical (unpaired) electrons. The lowest BCUT2D eigenvalue weighted by Gasteiger charge is -2.21. The van der Waals surface area contributed by atoms with Gasteiger partial charge in [0.1, 0.15) is 11.4 Å². The van der Waals surface area contributed by atoms with Crippen LogP contribution >= 0.6 is 11.6 Å². The van der Waals surface area contributed by atoms with E-state index in [2.05, 4.69) is 0 Å². The van der Waals surface area contributed by atoms with Crippen molar-refractivity contribution in [3.05, 3.63) is 59.0 Å². The molecular formula is C12H11ClO2. The Hall–Kier alpha value is -1.25. The molecule has 2 rings (SSSR count). The minimum atomic E-state index is -1.12. The van der Waals surface area contributed by atoms with Gasteiger partial charge in [0.05, 0.1) is 6.26 Å². The number of halogens is 1. The van der Waals surface area contributed by atoms with E-state index in [0.717, 1.165) is 5.56 Å². The van der Waals surface area contributed by atoms with Gasteiger partial charge in [-0.15, -0.1) is 0 Å². The van der Waals surface area contributed by atoms with Gasteiger partial charge in [0.25, 0.3) is 0 Å². The Morgan fingerprint density at radius 1 is 1.20 bits per heavy atom. The van der Waals surface area contributed by atoms with Gasteiger partial charge in [0, 0.05) is 5.02 Å². The summed E-state index contributed by atoms with van der Waals surface area (Å²) in [6, 6.07) is 10.5. The smallest absolute Gasteiger partial charge is 0.144 e. The van der Waals surface area contributed by atoms with Crippen LogP contribution in [-0.4, -0.2) is 5.11 Å². The number of furan rings is 1.